The molecule has 0 aliphatic carbocycles. The molecule has 2 heterocycles. The zero-order valence-corrected chi connectivity index (χ0v) is 11.3. The normalized spacial score (nSPS) is 12.9. The summed E-state index contributed by atoms with van der Waals surface area (Å²) in [4.78, 5) is 18.0. The minimum atomic E-state index is -4.77. The van der Waals surface area contributed by atoms with E-state index in [-0.39, 0.29) is 17.0 Å². The number of pyridine rings is 1. The van der Waals surface area contributed by atoms with Gasteiger partial charge in [-0.3, -0.25) is 0 Å². The molecule has 0 atom stereocenters. The number of halogens is 3. The molecule has 0 aliphatic rings. The average molecular weight is 312 g/mol. The average Bonchev–Trinajstić information content (AvgIpc) is 2.89. The van der Waals surface area contributed by atoms with E-state index in [4.69, 9.17) is 11.1 Å². The molecule has 22 heavy (non-hydrogen) atoms. The summed E-state index contributed by atoms with van der Waals surface area (Å²) in [7, 11) is 1.20. The van der Waals surface area contributed by atoms with Crippen molar-refractivity contribution < 1.29 is 22.7 Å². The molecule has 0 amide bonds. The van der Waals surface area contributed by atoms with Crippen molar-refractivity contribution in [1.82, 2.24) is 9.97 Å². The van der Waals surface area contributed by atoms with E-state index in [2.05, 4.69) is 14.7 Å². The maximum Gasteiger partial charge on any atom is 0.431 e. The highest BCUT2D eigenvalue weighted by molar-refractivity contribution is 6.09. The molecule has 0 saturated carbocycles. The van der Waals surface area contributed by atoms with Crippen molar-refractivity contribution in [2.45, 2.75) is 6.18 Å². The number of fused-ring (bicyclic) bond motifs is 1. The van der Waals surface area contributed by atoms with Crippen LogP contribution in [0.4, 0.5) is 13.2 Å². The zero-order chi connectivity index (χ0) is 16.5. The van der Waals surface area contributed by atoms with Crippen molar-refractivity contribution in [2.75, 3.05) is 7.11 Å². The molecule has 116 valence electrons. The van der Waals surface area contributed by atoms with E-state index in [1.807, 2.05) is 0 Å². The molecule has 0 spiro atoms. The van der Waals surface area contributed by atoms with Gasteiger partial charge in [0.25, 0.3) is 0 Å². The Balaban J connectivity index is 2.57. The van der Waals surface area contributed by atoms with Crippen LogP contribution in [-0.2, 0) is 4.74 Å². The van der Waals surface area contributed by atoms with Gasteiger partial charge in [0.2, 0.25) is 0 Å². The number of rotatable bonds is 3. The van der Waals surface area contributed by atoms with Crippen molar-refractivity contribution in [1.29, 1.82) is 5.41 Å². The standard InChI is InChI=1S/C13H11F3N4O2/c1-22-12(21)9-4-6-2-3-8(19-11(6)20-9)7(5-17)10(18)13(14,15)16/h2-5,17H,18H2,1H3,(H,19,20)/b10-7+,17-5?. The summed E-state index contributed by atoms with van der Waals surface area (Å²) < 4.78 is 42.5. The van der Waals surface area contributed by atoms with Crippen LogP contribution in [0.2, 0.25) is 0 Å². The number of nitrogens with two attached hydrogens (primary N) is 1. The molecule has 2 aromatic heterocycles. The molecule has 6 nitrogen and oxygen atoms in total. The lowest BCUT2D eigenvalue weighted by Gasteiger charge is -2.10. The first-order valence-electron chi connectivity index (χ1n) is 5.93. The Hall–Kier alpha value is -2.84. The van der Waals surface area contributed by atoms with Crippen molar-refractivity contribution in [3.8, 4) is 0 Å². The molecule has 9 heteroatoms. The van der Waals surface area contributed by atoms with Crippen LogP contribution in [0.25, 0.3) is 16.6 Å². The number of alkyl halides is 3. The number of nitrogens with zero attached hydrogens (tertiary/aromatic N) is 1. The van der Waals surface area contributed by atoms with Crippen LogP contribution in [0.15, 0.2) is 23.9 Å². The minimum absolute atomic E-state index is 0.117. The fraction of sp³-hybridized carbons (Fsp3) is 0.154. The van der Waals surface area contributed by atoms with Crippen LogP contribution in [0.5, 0.6) is 0 Å². The number of allylic oxidation sites excluding steroid dienone is 2. The largest absolute Gasteiger partial charge is 0.464 e. The molecule has 0 saturated heterocycles. The Labute approximate surface area is 122 Å². The molecule has 2 rings (SSSR count). The van der Waals surface area contributed by atoms with Gasteiger partial charge in [-0.1, -0.05) is 0 Å². The number of H-pyrrole nitrogens is 1. The predicted octanol–water partition coefficient (Wildman–Crippen LogP) is 2.23. The van der Waals surface area contributed by atoms with Gasteiger partial charge in [-0.15, -0.1) is 0 Å². The number of carbonyl (C=O) groups excluding carboxylic acids is 1. The van der Waals surface area contributed by atoms with Crippen molar-refractivity contribution in [3.63, 3.8) is 0 Å². The van der Waals surface area contributed by atoms with Gasteiger partial charge in [0.05, 0.1) is 12.8 Å². The number of aromatic amines is 1. The molecule has 0 aromatic carbocycles. The van der Waals surface area contributed by atoms with Crippen LogP contribution in [0, 0.1) is 5.41 Å². The Morgan fingerprint density at radius 3 is 2.68 bits per heavy atom. The Morgan fingerprint density at radius 2 is 2.14 bits per heavy atom. The molecule has 0 fully saturated rings. The molecule has 4 N–H and O–H groups in total. The lowest BCUT2D eigenvalue weighted by atomic mass is 10.1. The number of nitrogens with one attached hydrogen (secondary N) is 2. The Morgan fingerprint density at radius 1 is 1.45 bits per heavy atom. The van der Waals surface area contributed by atoms with Crippen LogP contribution >= 0.6 is 0 Å². The minimum Gasteiger partial charge on any atom is -0.464 e. The highest BCUT2D eigenvalue weighted by atomic mass is 19.4. The highest BCUT2D eigenvalue weighted by Crippen LogP contribution is 2.28. The second-order valence-corrected chi connectivity index (χ2v) is 4.28. The van der Waals surface area contributed by atoms with E-state index in [0.29, 0.717) is 11.6 Å². The first-order chi connectivity index (χ1) is 10.3. The molecular weight excluding hydrogens is 301 g/mol. The van der Waals surface area contributed by atoms with Crippen LogP contribution < -0.4 is 5.73 Å². The quantitative estimate of drug-likeness (QED) is 0.597. The summed E-state index contributed by atoms with van der Waals surface area (Å²) >= 11 is 0. The smallest absolute Gasteiger partial charge is 0.431 e. The van der Waals surface area contributed by atoms with Crippen LogP contribution in [0.1, 0.15) is 16.2 Å². The monoisotopic (exact) mass is 312 g/mol. The fourth-order valence-electron chi connectivity index (χ4n) is 1.82. The van der Waals surface area contributed by atoms with E-state index in [9.17, 15) is 18.0 Å². The van der Waals surface area contributed by atoms with Crippen LogP contribution in [0.3, 0.4) is 0 Å². The number of aromatic nitrogens is 2. The number of carbonyl (C=O) groups is 1. The second kappa shape index (κ2) is 5.51. The lowest BCUT2D eigenvalue weighted by Crippen LogP contribution is -2.22. The second-order valence-electron chi connectivity index (χ2n) is 4.28. The van der Waals surface area contributed by atoms with Crippen molar-refractivity contribution in [2.24, 2.45) is 5.73 Å². The first kappa shape index (κ1) is 15.5. The summed E-state index contributed by atoms with van der Waals surface area (Å²) in [5, 5.41) is 7.64. The van der Waals surface area contributed by atoms with E-state index >= 15 is 0 Å². The van der Waals surface area contributed by atoms with E-state index in [0.717, 1.165) is 0 Å². The maximum absolute atomic E-state index is 12.7. The lowest BCUT2D eigenvalue weighted by molar-refractivity contribution is -0.0919. The maximum atomic E-state index is 12.7. The van der Waals surface area contributed by atoms with Gasteiger partial charge in [0.15, 0.2) is 0 Å². The third-order valence-corrected chi connectivity index (χ3v) is 2.90. The van der Waals surface area contributed by atoms with Crippen molar-refractivity contribution in [3.05, 3.63) is 35.3 Å². The van der Waals surface area contributed by atoms with E-state index in [1.165, 1.54) is 25.3 Å². The summed E-state index contributed by atoms with van der Waals surface area (Å²) in [5.74, 6) is -0.628. The summed E-state index contributed by atoms with van der Waals surface area (Å²) in [6.07, 6.45) is -4.28. The summed E-state index contributed by atoms with van der Waals surface area (Å²) in [6.45, 7) is 0. The Kier molecular flexibility index (Phi) is 3.89. The molecule has 0 bridgehead atoms. The molecule has 2 aromatic rings. The van der Waals surface area contributed by atoms with Gasteiger partial charge in [-0.25, -0.2) is 9.78 Å². The first-order valence-corrected chi connectivity index (χ1v) is 5.93. The van der Waals surface area contributed by atoms with E-state index in [1.54, 1.807) is 0 Å². The van der Waals surface area contributed by atoms with Gasteiger partial charge in [0.1, 0.15) is 17.0 Å². The Bertz CT molecular complexity index is 777. The van der Waals surface area contributed by atoms with E-state index < -0.39 is 23.4 Å². The molecule has 0 radical (unpaired) electrons. The third-order valence-electron chi connectivity index (χ3n) is 2.90. The van der Waals surface area contributed by atoms with Gasteiger partial charge in [0, 0.05) is 17.2 Å². The SMILES string of the molecule is COC(=O)c1cc2ccc(/C(C=N)=C(/N)C(F)(F)F)nc2[nH]1. The van der Waals surface area contributed by atoms with Gasteiger partial charge >= 0.3 is 12.1 Å². The fourth-order valence-corrected chi connectivity index (χ4v) is 1.82. The van der Waals surface area contributed by atoms with Gasteiger partial charge in [-0.05, 0) is 18.2 Å². The van der Waals surface area contributed by atoms with Crippen LogP contribution in [-0.4, -0.2) is 35.4 Å². The summed E-state index contributed by atoms with van der Waals surface area (Å²) in [6, 6.07) is 4.21. The highest BCUT2D eigenvalue weighted by Gasteiger charge is 2.34. The van der Waals surface area contributed by atoms with Crippen molar-refractivity contribution >= 4 is 28.8 Å². The predicted molar refractivity (Wildman–Crippen MR) is 73.4 cm³/mol. The summed E-state index contributed by atoms with van der Waals surface area (Å²) in [5.41, 5.74) is 3.25. The number of esters is 1. The van der Waals surface area contributed by atoms with Gasteiger partial charge < -0.3 is 20.9 Å². The number of hydrogen-bond donors (Lipinski definition) is 3. The molecule has 0 unspecified atom stereocenters. The molecular formula is C13H11F3N4O2. The number of methoxy groups -OCH3 is 1. The zero-order valence-electron chi connectivity index (χ0n) is 11.3. The molecule has 0 aliphatic heterocycles. The third kappa shape index (κ3) is 2.78. The number of hydrogen-bond acceptors (Lipinski definition) is 5. The van der Waals surface area contributed by atoms with Gasteiger partial charge in [-0.2, -0.15) is 13.2 Å². The number of ether oxygens (including phenoxy) is 1. The topological polar surface area (TPSA) is 105 Å².